The Balaban J connectivity index is 1.99. The van der Waals surface area contributed by atoms with E-state index in [4.69, 9.17) is 4.74 Å². The molecule has 1 saturated carbocycles. The number of hydrazone groups is 1. The summed E-state index contributed by atoms with van der Waals surface area (Å²) >= 11 is 7.01. The molecule has 24 heavy (non-hydrogen) atoms. The Labute approximate surface area is 160 Å². The molecule has 1 N–H and O–H groups in total. The van der Waals surface area contributed by atoms with Gasteiger partial charge in [0.2, 0.25) is 5.91 Å². The Hall–Kier alpha value is -0.880. The molecule has 2 rings (SSSR count). The molecule has 0 bridgehead atoms. The van der Waals surface area contributed by atoms with Gasteiger partial charge in [0.15, 0.2) is 0 Å². The van der Waals surface area contributed by atoms with Gasteiger partial charge in [0.05, 0.1) is 21.0 Å². The summed E-state index contributed by atoms with van der Waals surface area (Å²) in [7, 11) is 0. The summed E-state index contributed by atoms with van der Waals surface area (Å²) in [4.78, 5) is 12.3. The molecule has 0 radical (unpaired) electrons. The second-order valence-corrected chi connectivity index (χ2v) is 10.1. The summed E-state index contributed by atoms with van der Waals surface area (Å²) in [5.74, 6) is 0.780. The summed E-state index contributed by atoms with van der Waals surface area (Å²) in [6.07, 6.45) is 3.65. The molecule has 1 aromatic carbocycles. The van der Waals surface area contributed by atoms with Crippen LogP contribution in [0.1, 0.15) is 52.0 Å². The quantitative estimate of drug-likeness (QED) is 0.257. The highest BCUT2D eigenvalue weighted by atomic mass is 79.9. The number of amides is 1. The highest BCUT2D eigenvalue weighted by Crippen LogP contribution is 2.66. The van der Waals surface area contributed by atoms with Gasteiger partial charge < -0.3 is 4.74 Å². The minimum absolute atomic E-state index is 0.0817. The van der Waals surface area contributed by atoms with E-state index in [1.54, 1.807) is 0 Å². The zero-order chi connectivity index (χ0) is 17.8. The van der Waals surface area contributed by atoms with Crippen LogP contribution in [0.25, 0.3) is 0 Å². The summed E-state index contributed by atoms with van der Waals surface area (Å²) in [5.41, 5.74) is 4.08. The fourth-order valence-corrected chi connectivity index (χ4v) is 3.80. The normalized spacial score (nSPS) is 22.1. The van der Waals surface area contributed by atoms with Gasteiger partial charge in [0.1, 0.15) is 5.75 Å². The van der Waals surface area contributed by atoms with Crippen molar-refractivity contribution in [2.75, 3.05) is 6.61 Å². The van der Waals surface area contributed by atoms with Crippen molar-refractivity contribution in [1.29, 1.82) is 0 Å². The minimum atomic E-state index is -0.466. The van der Waals surface area contributed by atoms with Crippen molar-refractivity contribution in [1.82, 2.24) is 5.43 Å². The molecule has 0 heterocycles. The van der Waals surface area contributed by atoms with E-state index in [9.17, 15) is 4.79 Å². The van der Waals surface area contributed by atoms with Crippen molar-refractivity contribution in [3.63, 3.8) is 0 Å². The van der Waals surface area contributed by atoms with Crippen LogP contribution in [-0.4, -0.2) is 21.5 Å². The minimum Gasteiger partial charge on any atom is -0.494 e. The molecule has 0 spiro atoms. The third kappa shape index (κ3) is 4.39. The fraction of sp³-hybridized carbons (Fsp3) is 0.556. The maximum atomic E-state index is 12.3. The number of hydrogen-bond donors (Lipinski definition) is 1. The monoisotopic (exact) mass is 458 g/mol. The van der Waals surface area contributed by atoms with Crippen molar-refractivity contribution in [3.05, 3.63) is 29.8 Å². The number of nitrogens with one attached hydrogen (secondary N) is 1. The van der Waals surface area contributed by atoms with E-state index in [0.717, 1.165) is 49.3 Å². The zero-order valence-corrected chi connectivity index (χ0v) is 17.5. The second-order valence-electron chi connectivity index (χ2n) is 6.29. The molecule has 1 aromatic rings. The SMILES string of the molecule is CCCCOc1ccc(C(CC)=NNC(=O)[C@]2(C)CC2(Br)Br)cc1. The lowest BCUT2D eigenvalue weighted by molar-refractivity contribution is -0.125. The molecule has 1 aliphatic carbocycles. The predicted molar refractivity (Wildman–Crippen MR) is 105 cm³/mol. The molecule has 1 aliphatic rings. The Morgan fingerprint density at radius 3 is 2.42 bits per heavy atom. The highest BCUT2D eigenvalue weighted by molar-refractivity contribution is 9.25. The average Bonchev–Trinajstić information content (AvgIpc) is 3.09. The molecule has 0 unspecified atom stereocenters. The van der Waals surface area contributed by atoms with Crippen LogP contribution in [-0.2, 0) is 4.79 Å². The van der Waals surface area contributed by atoms with Crippen molar-refractivity contribution in [2.45, 2.75) is 49.7 Å². The van der Waals surface area contributed by atoms with E-state index in [2.05, 4.69) is 49.3 Å². The molecule has 132 valence electrons. The number of carbonyl (C=O) groups excluding carboxylic acids is 1. The molecule has 1 fully saturated rings. The number of unbranched alkanes of at least 4 members (excludes halogenated alkanes) is 1. The molecule has 4 nitrogen and oxygen atoms in total. The Morgan fingerprint density at radius 1 is 1.29 bits per heavy atom. The number of nitrogens with zero attached hydrogens (tertiary/aromatic N) is 1. The van der Waals surface area contributed by atoms with Gasteiger partial charge in [-0.25, -0.2) is 5.43 Å². The molecule has 1 atom stereocenters. The van der Waals surface area contributed by atoms with E-state index in [0.29, 0.717) is 0 Å². The van der Waals surface area contributed by atoms with Gasteiger partial charge in [-0.3, -0.25) is 4.79 Å². The average molecular weight is 460 g/mol. The van der Waals surface area contributed by atoms with Crippen LogP contribution in [0.15, 0.2) is 29.4 Å². The Morgan fingerprint density at radius 2 is 1.92 bits per heavy atom. The van der Waals surface area contributed by atoms with Crippen molar-refractivity contribution < 1.29 is 9.53 Å². The summed E-state index contributed by atoms with van der Waals surface area (Å²) in [5, 5.41) is 4.32. The lowest BCUT2D eigenvalue weighted by Gasteiger charge is -2.12. The van der Waals surface area contributed by atoms with Gasteiger partial charge >= 0.3 is 0 Å². The van der Waals surface area contributed by atoms with Crippen molar-refractivity contribution >= 4 is 43.5 Å². The number of carbonyl (C=O) groups is 1. The maximum absolute atomic E-state index is 12.3. The molecular formula is C18H24Br2N2O2. The third-order valence-corrected chi connectivity index (χ3v) is 6.65. The van der Waals surface area contributed by atoms with Gasteiger partial charge in [-0.05, 0) is 56.0 Å². The molecule has 6 heteroatoms. The van der Waals surface area contributed by atoms with E-state index in [-0.39, 0.29) is 9.14 Å². The molecule has 0 aliphatic heterocycles. The van der Waals surface area contributed by atoms with Crippen molar-refractivity contribution in [3.8, 4) is 5.75 Å². The van der Waals surface area contributed by atoms with Crippen LogP contribution in [0.3, 0.4) is 0 Å². The first kappa shape index (κ1) is 19.4. The highest BCUT2D eigenvalue weighted by Gasteiger charge is 2.66. The van der Waals surface area contributed by atoms with Gasteiger partial charge in [-0.2, -0.15) is 5.10 Å². The van der Waals surface area contributed by atoms with Crippen LogP contribution in [0.4, 0.5) is 0 Å². The summed E-state index contributed by atoms with van der Waals surface area (Å²) in [6.45, 7) is 6.81. The lowest BCUT2D eigenvalue weighted by Crippen LogP contribution is -2.30. The lowest BCUT2D eigenvalue weighted by atomic mass is 10.1. The zero-order valence-electron chi connectivity index (χ0n) is 14.4. The van der Waals surface area contributed by atoms with Gasteiger partial charge in [-0.15, -0.1) is 0 Å². The van der Waals surface area contributed by atoms with Crippen LogP contribution in [0.2, 0.25) is 0 Å². The standard InChI is InChI=1S/C18H24Br2N2O2/c1-4-6-11-24-14-9-7-13(8-10-14)15(5-2)21-22-16(23)17(3)12-18(17,19)20/h7-10H,4-6,11-12H2,1-3H3,(H,22,23)/t17-/m0/s1. The number of halogens is 2. The van der Waals surface area contributed by atoms with Crippen LogP contribution >= 0.6 is 31.9 Å². The van der Waals surface area contributed by atoms with Crippen LogP contribution in [0, 0.1) is 5.41 Å². The second kappa shape index (κ2) is 8.00. The van der Waals surface area contributed by atoms with Crippen LogP contribution < -0.4 is 10.2 Å². The third-order valence-electron chi connectivity index (χ3n) is 4.34. The first-order valence-electron chi connectivity index (χ1n) is 8.32. The Kier molecular flexibility index (Phi) is 6.48. The van der Waals surface area contributed by atoms with Gasteiger partial charge in [-0.1, -0.05) is 52.1 Å². The van der Waals surface area contributed by atoms with E-state index in [1.165, 1.54) is 0 Å². The molecular weight excluding hydrogens is 436 g/mol. The number of rotatable bonds is 8. The first-order valence-corrected chi connectivity index (χ1v) is 9.90. The first-order chi connectivity index (χ1) is 11.3. The smallest absolute Gasteiger partial charge is 0.248 e. The van der Waals surface area contributed by atoms with Crippen LogP contribution in [0.5, 0.6) is 5.75 Å². The number of hydrogen-bond acceptors (Lipinski definition) is 3. The largest absolute Gasteiger partial charge is 0.494 e. The molecule has 0 saturated heterocycles. The summed E-state index contributed by atoms with van der Waals surface area (Å²) < 4.78 is 5.36. The topological polar surface area (TPSA) is 50.7 Å². The van der Waals surface area contributed by atoms with Gasteiger partial charge in [0, 0.05) is 0 Å². The molecule has 1 amide bonds. The summed E-state index contributed by atoms with van der Waals surface area (Å²) in [6, 6.07) is 7.85. The molecule has 0 aromatic heterocycles. The number of ether oxygens (including phenoxy) is 1. The maximum Gasteiger partial charge on any atom is 0.248 e. The number of alkyl halides is 2. The fourth-order valence-electron chi connectivity index (χ4n) is 2.31. The Bertz CT molecular complexity index is 614. The number of benzene rings is 1. The van der Waals surface area contributed by atoms with Gasteiger partial charge in [0.25, 0.3) is 0 Å². The predicted octanol–water partition coefficient (Wildman–Crippen LogP) is 4.99. The van der Waals surface area contributed by atoms with E-state index < -0.39 is 5.41 Å². The van der Waals surface area contributed by atoms with Crippen molar-refractivity contribution in [2.24, 2.45) is 10.5 Å². The van der Waals surface area contributed by atoms with E-state index >= 15 is 0 Å². The van der Waals surface area contributed by atoms with E-state index in [1.807, 2.05) is 38.1 Å².